The van der Waals surface area contributed by atoms with Crippen LogP contribution in [0, 0.1) is 0 Å². The van der Waals surface area contributed by atoms with Crippen LogP contribution in [0.2, 0.25) is 0 Å². The topological polar surface area (TPSA) is 307 Å². The monoisotopic (exact) mass is 1380 g/mol. The number of hydrogen-bond acceptors (Lipinski definition) is 18. The van der Waals surface area contributed by atoms with Gasteiger partial charge >= 0.3 is 0 Å². The van der Waals surface area contributed by atoms with Crippen LogP contribution >= 0.6 is 0 Å². The molecule has 0 radical (unpaired) electrons. The Bertz CT molecular complexity index is 1990. The lowest BCUT2D eigenvalue weighted by molar-refractivity contribution is -0.379. The van der Waals surface area contributed by atoms with E-state index >= 15 is 0 Å². The van der Waals surface area contributed by atoms with Crippen LogP contribution < -0.4 is 5.32 Å². The molecule has 19 heteroatoms. The van der Waals surface area contributed by atoms with Crippen molar-refractivity contribution >= 4 is 5.91 Å². The second-order valence-corrected chi connectivity index (χ2v) is 27.8. The van der Waals surface area contributed by atoms with Crippen LogP contribution in [0.3, 0.4) is 0 Å². The number of carbonyl (C=O) groups excluding carboxylic acids is 1. The van der Waals surface area contributed by atoms with Crippen molar-refractivity contribution in [3.8, 4) is 0 Å². The third-order valence-electron chi connectivity index (χ3n) is 19.4. The number of nitrogens with one attached hydrogen (secondary N) is 1. The molecule has 17 unspecified atom stereocenters. The first-order chi connectivity index (χ1) is 47.3. The van der Waals surface area contributed by atoms with E-state index in [9.17, 15) is 61.0 Å². The van der Waals surface area contributed by atoms with Crippen LogP contribution in [0.4, 0.5) is 0 Å². The highest BCUT2D eigenvalue weighted by Crippen LogP contribution is 2.33. The fourth-order valence-electron chi connectivity index (χ4n) is 13.1. The zero-order valence-electron chi connectivity index (χ0n) is 60.3. The van der Waals surface area contributed by atoms with Crippen LogP contribution in [0.1, 0.15) is 296 Å². The van der Waals surface area contributed by atoms with Gasteiger partial charge in [-0.05, 0) is 57.8 Å². The van der Waals surface area contributed by atoms with Crippen molar-refractivity contribution in [3.05, 3.63) is 60.8 Å². The molecule has 3 aliphatic rings. The van der Waals surface area contributed by atoms with Crippen molar-refractivity contribution in [2.75, 3.05) is 26.4 Å². The summed E-state index contributed by atoms with van der Waals surface area (Å²) in [4.78, 5) is 13.5. The van der Waals surface area contributed by atoms with Crippen LogP contribution in [-0.4, -0.2) is 193 Å². The number of hydrogen-bond donors (Lipinski definition) is 12. The highest BCUT2D eigenvalue weighted by atomic mass is 16.8. The molecule has 12 N–H and O–H groups in total. The lowest BCUT2D eigenvalue weighted by atomic mass is 9.96. The third kappa shape index (κ3) is 39.6. The van der Waals surface area contributed by atoms with E-state index in [4.69, 9.17) is 28.4 Å². The Hall–Kier alpha value is -2.51. The Morgan fingerprint density at radius 1 is 0.381 bits per heavy atom. The van der Waals surface area contributed by atoms with Crippen molar-refractivity contribution in [1.82, 2.24) is 5.32 Å². The smallest absolute Gasteiger partial charge is 0.220 e. The molecule has 0 saturated carbocycles. The maximum atomic E-state index is 13.5. The molecule has 0 aromatic rings. The van der Waals surface area contributed by atoms with Gasteiger partial charge in [0.1, 0.15) is 73.2 Å². The molecule has 0 aromatic carbocycles. The summed E-state index contributed by atoms with van der Waals surface area (Å²) in [5.41, 5.74) is 0. The van der Waals surface area contributed by atoms with E-state index in [1.807, 2.05) is 0 Å². The van der Waals surface area contributed by atoms with Gasteiger partial charge in [-0.25, -0.2) is 0 Å². The van der Waals surface area contributed by atoms with Gasteiger partial charge in [-0.3, -0.25) is 4.79 Å². The summed E-state index contributed by atoms with van der Waals surface area (Å²) in [6.45, 7) is 1.70. The van der Waals surface area contributed by atoms with E-state index in [0.29, 0.717) is 12.8 Å². The van der Waals surface area contributed by atoms with Crippen LogP contribution in [-0.2, 0) is 33.2 Å². The number of allylic oxidation sites excluding steroid dienone is 10. The second-order valence-electron chi connectivity index (χ2n) is 27.8. The van der Waals surface area contributed by atoms with Gasteiger partial charge in [0.05, 0.1) is 38.6 Å². The summed E-state index contributed by atoms with van der Waals surface area (Å²) in [5, 5.41) is 121. The van der Waals surface area contributed by atoms with Gasteiger partial charge < -0.3 is 89.9 Å². The molecular formula is C78H141NO18. The number of amides is 1. The quantitative estimate of drug-likeness (QED) is 0.0199. The van der Waals surface area contributed by atoms with Crippen molar-refractivity contribution < 1.29 is 89.4 Å². The second kappa shape index (κ2) is 58.9. The maximum absolute atomic E-state index is 13.5. The van der Waals surface area contributed by atoms with E-state index in [0.717, 1.165) is 89.9 Å². The molecule has 3 fully saturated rings. The minimum absolute atomic E-state index is 0.242. The average Bonchev–Trinajstić information content (AvgIpc) is 0.789. The molecule has 566 valence electrons. The summed E-state index contributed by atoms with van der Waals surface area (Å²) in [6, 6.07) is -0.903. The highest BCUT2D eigenvalue weighted by Gasteiger charge is 2.54. The number of aliphatic hydroxyl groups excluding tert-OH is 11. The van der Waals surface area contributed by atoms with Gasteiger partial charge in [0.25, 0.3) is 0 Å². The van der Waals surface area contributed by atoms with E-state index in [1.165, 1.54) is 173 Å². The minimum Gasteiger partial charge on any atom is -0.394 e. The minimum atomic E-state index is -1.98. The molecular weight excluding hydrogens is 1240 g/mol. The molecule has 3 aliphatic heterocycles. The van der Waals surface area contributed by atoms with Crippen molar-refractivity contribution in [2.45, 2.75) is 401 Å². The summed E-state index contributed by atoms with van der Waals surface area (Å²) < 4.78 is 34.5. The predicted molar refractivity (Wildman–Crippen MR) is 383 cm³/mol. The summed E-state index contributed by atoms with van der Waals surface area (Å²) in [5.74, 6) is -0.260. The Morgan fingerprint density at radius 2 is 0.711 bits per heavy atom. The predicted octanol–water partition coefficient (Wildman–Crippen LogP) is 12.3. The highest BCUT2D eigenvalue weighted by molar-refractivity contribution is 5.76. The number of ether oxygens (including phenoxy) is 6. The Kier molecular flexibility index (Phi) is 53.9. The zero-order chi connectivity index (χ0) is 70.4. The largest absolute Gasteiger partial charge is 0.394 e. The summed E-state index contributed by atoms with van der Waals surface area (Å²) in [6.07, 6.45) is 47.4. The van der Waals surface area contributed by atoms with Gasteiger partial charge in [-0.1, -0.05) is 293 Å². The van der Waals surface area contributed by atoms with Gasteiger partial charge in [0.2, 0.25) is 5.91 Å². The summed E-state index contributed by atoms with van der Waals surface area (Å²) >= 11 is 0. The SMILES string of the molecule is CC/C=C\C/C=C\C/C=C\C/C=C\C/C=C\CCCCCCCC(=O)NC(COC1OC(CO)C(OC2OC(CO)C(OC3OC(CO)C(O)C(O)C3O)C(O)C2O)C(O)C1O)C(O)CCCCCCCCCCCCCCCCCCCCCCCCCCCCCCCCC. The van der Waals surface area contributed by atoms with Crippen LogP contribution in [0.25, 0.3) is 0 Å². The number of carbonyl (C=O) groups is 1. The first kappa shape index (κ1) is 88.7. The van der Waals surface area contributed by atoms with Crippen LogP contribution in [0.5, 0.6) is 0 Å². The van der Waals surface area contributed by atoms with E-state index in [1.54, 1.807) is 0 Å². The Morgan fingerprint density at radius 3 is 1.11 bits per heavy atom. The van der Waals surface area contributed by atoms with E-state index in [-0.39, 0.29) is 18.9 Å². The zero-order valence-corrected chi connectivity index (χ0v) is 60.3. The molecule has 0 aromatic heterocycles. The van der Waals surface area contributed by atoms with E-state index in [2.05, 4.69) is 79.9 Å². The molecule has 3 saturated heterocycles. The van der Waals surface area contributed by atoms with Crippen molar-refractivity contribution in [1.29, 1.82) is 0 Å². The first-order valence-corrected chi connectivity index (χ1v) is 39.0. The number of rotatable bonds is 61. The van der Waals surface area contributed by atoms with Crippen molar-refractivity contribution in [2.24, 2.45) is 0 Å². The van der Waals surface area contributed by atoms with Gasteiger partial charge in [0.15, 0.2) is 18.9 Å². The van der Waals surface area contributed by atoms with Gasteiger partial charge in [0, 0.05) is 6.42 Å². The third-order valence-corrected chi connectivity index (χ3v) is 19.4. The summed E-state index contributed by atoms with van der Waals surface area (Å²) in [7, 11) is 0. The van der Waals surface area contributed by atoms with Gasteiger partial charge in [-0.15, -0.1) is 0 Å². The normalized spacial score (nSPS) is 27.2. The van der Waals surface area contributed by atoms with Crippen LogP contribution in [0.15, 0.2) is 60.8 Å². The number of aliphatic hydroxyl groups is 11. The molecule has 0 aliphatic carbocycles. The maximum Gasteiger partial charge on any atom is 0.220 e. The number of unbranched alkanes of at least 4 members (excludes halogenated alkanes) is 35. The first-order valence-electron chi connectivity index (χ1n) is 39.0. The molecule has 17 atom stereocenters. The van der Waals surface area contributed by atoms with Crippen molar-refractivity contribution in [3.63, 3.8) is 0 Å². The molecule has 0 spiro atoms. The molecule has 3 rings (SSSR count). The Balaban J connectivity index is 1.38. The molecule has 19 nitrogen and oxygen atoms in total. The fraction of sp³-hybridized carbons (Fsp3) is 0.859. The van der Waals surface area contributed by atoms with Gasteiger partial charge in [-0.2, -0.15) is 0 Å². The molecule has 0 bridgehead atoms. The molecule has 3 heterocycles. The standard InChI is InChI=1S/C78H141NO18/c1-3-5-7-9-11-13-15-17-19-21-23-25-26-27-28-29-30-31-32-33-34-36-37-39-41-43-45-47-49-51-53-55-62(83)61(79-66(84)56-54-52-50-48-46-44-42-40-38-35-24-22-20-18-16-14-12-10-8-6-4-2)60-92-76-72(90)69(87)74(64(58-81)94-76)97-78-73(91)70(88)75(65(59-82)95-78)96-77-71(89)68(86)67(85)63(57-80)93-77/h6,8,12,14,18,20,24,35,40,42,61-65,67-78,80-83,85-91H,3-5,7,9-11,13,15-17,19,21-23,25-34,36-39,41,43-60H2,1-2H3,(H,79,84)/b8-6-,14-12-,20-18-,35-24-,42-40-. The fourth-order valence-corrected chi connectivity index (χ4v) is 13.1. The molecule has 1 amide bonds. The molecule has 97 heavy (non-hydrogen) atoms. The average molecular weight is 1380 g/mol. The lowest BCUT2D eigenvalue weighted by Gasteiger charge is -2.48. The Labute approximate surface area is 586 Å². The lowest BCUT2D eigenvalue weighted by Crippen LogP contribution is -2.66. The van der Waals surface area contributed by atoms with E-state index < -0.39 is 124 Å².